The molecule has 150 valence electrons. The Morgan fingerprint density at radius 2 is 1.71 bits per heavy atom. The zero-order valence-electron chi connectivity index (χ0n) is 16.0. The first kappa shape index (κ1) is 20.4. The van der Waals surface area contributed by atoms with E-state index in [4.69, 9.17) is 9.47 Å². The molecule has 0 bridgehead atoms. The molecule has 0 atom stereocenters. The van der Waals surface area contributed by atoms with Crippen LogP contribution in [0.2, 0.25) is 0 Å². The number of hydrogen-bond donors (Lipinski definition) is 0. The van der Waals surface area contributed by atoms with Gasteiger partial charge in [0.25, 0.3) is 0 Å². The van der Waals surface area contributed by atoms with Crippen molar-refractivity contribution in [1.29, 1.82) is 0 Å². The van der Waals surface area contributed by atoms with Gasteiger partial charge in [-0.05, 0) is 61.7 Å². The first-order chi connectivity index (χ1) is 13.5. The Balaban J connectivity index is 1.52. The molecule has 0 aromatic heterocycles. The maximum Gasteiger partial charge on any atom is 0.338 e. The molecule has 1 heterocycles. The summed E-state index contributed by atoms with van der Waals surface area (Å²) in [6.07, 6.45) is 2.83. The predicted octanol–water partition coefficient (Wildman–Crippen LogP) is 3.41. The van der Waals surface area contributed by atoms with Crippen LogP contribution in [0.25, 0.3) is 0 Å². The van der Waals surface area contributed by atoms with E-state index in [1.165, 1.54) is 28.6 Å². The van der Waals surface area contributed by atoms with Gasteiger partial charge in [-0.15, -0.1) is 0 Å². The van der Waals surface area contributed by atoms with Crippen LogP contribution in [-0.2, 0) is 14.8 Å². The van der Waals surface area contributed by atoms with Crippen LogP contribution in [0, 0.1) is 6.92 Å². The SMILES string of the molecule is Cc1cccc(OCCOC(=O)c2ccc(S(=O)(=O)N3CCCCC3)cc2)c1. The second-order valence-electron chi connectivity index (χ2n) is 6.79. The lowest BCUT2D eigenvalue weighted by atomic mass is 10.2. The number of benzene rings is 2. The van der Waals surface area contributed by atoms with Crippen LogP contribution in [0.5, 0.6) is 5.75 Å². The summed E-state index contributed by atoms with van der Waals surface area (Å²) in [5.74, 6) is 0.220. The molecule has 1 fully saturated rings. The van der Waals surface area contributed by atoms with E-state index in [0.717, 1.165) is 30.6 Å². The van der Waals surface area contributed by atoms with Crippen LogP contribution in [-0.4, -0.2) is 45.0 Å². The Morgan fingerprint density at radius 1 is 1.00 bits per heavy atom. The van der Waals surface area contributed by atoms with Crippen molar-refractivity contribution < 1.29 is 22.7 Å². The molecule has 0 spiro atoms. The summed E-state index contributed by atoms with van der Waals surface area (Å²) in [6.45, 7) is 3.43. The van der Waals surface area contributed by atoms with Gasteiger partial charge in [-0.2, -0.15) is 4.31 Å². The molecule has 1 aliphatic rings. The van der Waals surface area contributed by atoms with Crippen LogP contribution in [0.3, 0.4) is 0 Å². The molecule has 0 N–H and O–H groups in total. The third kappa shape index (κ3) is 5.11. The van der Waals surface area contributed by atoms with Gasteiger partial charge in [-0.25, -0.2) is 13.2 Å². The van der Waals surface area contributed by atoms with Crippen molar-refractivity contribution in [2.75, 3.05) is 26.3 Å². The monoisotopic (exact) mass is 403 g/mol. The molecule has 2 aromatic rings. The molecule has 0 amide bonds. The molecule has 1 aliphatic heterocycles. The van der Waals surface area contributed by atoms with Crippen LogP contribution in [0.4, 0.5) is 0 Å². The average Bonchev–Trinajstić information content (AvgIpc) is 2.72. The minimum Gasteiger partial charge on any atom is -0.490 e. The van der Waals surface area contributed by atoms with Crippen LogP contribution in [0.1, 0.15) is 35.2 Å². The highest BCUT2D eigenvalue weighted by Gasteiger charge is 2.26. The molecule has 0 saturated carbocycles. The van der Waals surface area contributed by atoms with Crippen molar-refractivity contribution >= 4 is 16.0 Å². The minimum absolute atomic E-state index is 0.112. The van der Waals surface area contributed by atoms with Gasteiger partial charge in [0.2, 0.25) is 10.0 Å². The van der Waals surface area contributed by atoms with Crippen molar-refractivity contribution in [3.8, 4) is 5.75 Å². The number of piperidine rings is 1. The summed E-state index contributed by atoms with van der Waals surface area (Å²) in [5, 5.41) is 0. The summed E-state index contributed by atoms with van der Waals surface area (Å²) in [4.78, 5) is 12.3. The summed E-state index contributed by atoms with van der Waals surface area (Å²) in [7, 11) is -3.50. The number of carbonyl (C=O) groups excluding carboxylic acids is 1. The van der Waals surface area contributed by atoms with Crippen LogP contribution in [0.15, 0.2) is 53.4 Å². The predicted molar refractivity (Wildman–Crippen MR) is 106 cm³/mol. The number of aryl methyl sites for hydroxylation is 1. The second kappa shape index (κ2) is 9.21. The lowest BCUT2D eigenvalue weighted by molar-refractivity contribution is 0.0450. The summed E-state index contributed by atoms with van der Waals surface area (Å²) in [5.41, 5.74) is 1.40. The Morgan fingerprint density at radius 3 is 2.39 bits per heavy atom. The maximum absolute atomic E-state index is 12.6. The van der Waals surface area contributed by atoms with E-state index in [2.05, 4.69) is 0 Å². The molecule has 3 rings (SSSR count). The van der Waals surface area contributed by atoms with Crippen molar-refractivity contribution in [1.82, 2.24) is 4.31 Å². The van der Waals surface area contributed by atoms with Gasteiger partial charge >= 0.3 is 5.97 Å². The number of ether oxygens (including phenoxy) is 2. The lowest BCUT2D eigenvalue weighted by Gasteiger charge is -2.25. The van der Waals surface area contributed by atoms with E-state index in [0.29, 0.717) is 18.7 Å². The fourth-order valence-corrected chi connectivity index (χ4v) is 4.62. The van der Waals surface area contributed by atoms with E-state index >= 15 is 0 Å². The third-order valence-corrected chi connectivity index (χ3v) is 6.53. The van der Waals surface area contributed by atoms with Gasteiger partial charge in [-0.1, -0.05) is 18.6 Å². The van der Waals surface area contributed by atoms with E-state index in [-0.39, 0.29) is 18.1 Å². The quantitative estimate of drug-likeness (QED) is 0.523. The second-order valence-corrected chi connectivity index (χ2v) is 8.73. The third-order valence-electron chi connectivity index (χ3n) is 4.62. The zero-order chi connectivity index (χ0) is 20.0. The van der Waals surface area contributed by atoms with Crippen LogP contribution >= 0.6 is 0 Å². The highest BCUT2D eigenvalue weighted by atomic mass is 32.2. The lowest BCUT2D eigenvalue weighted by Crippen LogP contribution is -2.35. The number of esters is 1. The summed E-state index contributed by atoms with van der Waals surface area (Å²) < 4.78 is 37.5. The minimum atomic E-state index is -3.50. The number of sulfonamides is 1. The van der Waals surface area contributed by atoms with E-state index in [9.17, 15) is 13.2 Å². The first-order valence-corrected chi connectivity index (χ1v) is 10.9. The van der Waals surface area contributed by atoms with Crippen LogP contribution < -0.4 is 4.74 Å². The molecule has 2 aromatic carbocycles. The molecular formula is C21H25NO5S. The van der Waals surface area contributed by atoms with E-state index in [1.54, 1.807) is 0 Å². The first-order valence-electron chi connectivity index (χ1n) is 9.43. The van der Waals surface area contributed by atoms with Gasteiger partial charge in [0.1, 0.15) is 19.0 Å². The molecular weight excluding hydrogens is 378 g/mol. The molecule has 0 unspecified atom stereocenters. The number of nitrogens with zero attached hydrogens (tertiary/aromatic N) is 1. The molecule has 1 saturated heterocycles. The van der Waals surface area contributed by atoms with Crippen molar-refractivity contribution in [3.63, 3.8) is 0 Å². The number of carbonyl (C=O) groups is 1. The zero-order valence-corrected chi connectivity index (χ0v) is 16.8. The molecule has 0 aliphatic carbocycles. The molecule has 7 heteroatoms. The highest BCUT2D eigenvalue weighted by Crippen LogP contribution is 2.21. The van der Waals surface area contributed by atoms with Crippen molar-refractivity contribution in [3.05, 3.63) is 59.7 Å². The molecule has 6 nitrogen and oxygen atoms in total. The van der Waals surface area contributed by atoms with Gasteiger partial charge in [0.05, 0.1) is 10.5 Å². The maximum atomic E-state index is 12.6. The number of rotatable bonds is 7. The van der Waals surface area contributed by atoms with Gasteiger partial charge in [0.15, 0.2) is 0 Å². The van der Waals surface area contributed by atoms with Crippen molar-refractivity contribution in [2.24, 2.45) is 0 Å². The van der Waals surface area contributed by atoms with E-state index in [1.807, 2.05) is 31.2 Å². The van der Waals surface area contributed by atoms with Gasteiger partial charge < -0.3 is 9.47 Å². The Kier molecular flexibility index (Phi) is 6.70. The topological polar surface area (TPSA) is 72.9 Å². The fraction of sp³-hybridized carbons (Fsp3) is 0.381. The largest absolute Gasteiger partial charge is 0.490 e. The Labute approximate surface area is 166 Å². The Hall–Kier alpha value is -2.38. The summed E-state index contributed by atoms with van der Waals surface area (Å²) >= 11 is 0. The summed E-state index contributed by atoms with van der Waals surface area (Å²) in [6, 6.07) is 13.5. The molecule has 0 radical (unpaired) electrons. The van der Waals surface area contributed by atoms with Gasteiger partial charge in [-0.3, -0.25) is 0 Å². The molecule has 28 heavy (non-hydrogen) atoms. The number of hydrogen-bond acceptors (Lipinski definition) is 5. The average molecular weight is 404 g/mol. The fourth-order valence-electron chi connectivity index (χ4n) is 3.10. The standard InChI is InChI=1S/C21H25NO5S/c1-17-6-5-7-19(16-17)26-14-15-27-21(23)18-8-10-20(11-9-18)28(24,25)22-12-3-2-4-13-22/h5-11,16H,2-4,12-15H2,1H3. The van der Waals surface area contributed by atoms with Crippen molar-refractivity contribution in [2.45, 2.75) is 31.1 Å². The highest BCUT2D eigenvalue weighted by molar-refractivity contribution is 7.89. The van der Waals surface area contributed by atoms with Gasteiger partial charge in [0, 0.05) is 13.1 Å². The van der Waals surface area contributed by atoms with E-state index < -0.39 is 16.0 Å². The normalized spacial score (nSPS) is 15.2. The smallest absolute Gasteiger partial charge is 0.338 e. The Bertz CT molecular complexity index is 903.